The second-order valence-corrected chi connectivity index (χ2v) is 4.25. The fourth-order valence-corrected chi connectivity index (χ4v) is 2.79. The SMILES string of the molecule is CNCC1CCCc2scnc21. The van der Waals surface area contributed by atoms with E-state index in [0.717, 1.165) is 6.54 Å². The molecule has 2 nitrogen and oxygen atoms in total. The number of nitrogens with one attached hydrogen (secondary N) is 1. The topological polar surface area (TPSA) is 24.9 Å². The molecule has 1 aliphatic carbocycles. The number of hydrogen-bond donors (Lipinski definition) is 1. The van der Waals surface area contributed by atoms with Gasteiger partial charge in [0.25, 0.3) is 0 Å². The van der Waals surface area contributed by atoms with Gasteiger partial charge < -0.3 is 5.32 Å². The number of aromatic nitrogens is 1. The maximum Gasteiger partial charge on any atom is 0.0797 e. The molecule has 0 aliphatic heterocycles. The Morgan fingerprint density at radius 3 is 3.50 bits per heavy atom. The number of hydrogen-bond acceptors (Lipinski definition) is 3. The summed E-state index contributed by atoms with van der Waals surface area (Å²) in [6.45, 7) is 1.08. The molecule has 2 rings (SSSR count). The van der Waals surface area contributed by atoms with E-state index in [4.69, 9.17) is 0 Å². The Kier molecular flexibility index (Phi) is 2.42. The Balaban J connectivity index is 2.19. The van der Waals surface area contributed by atoms with Crippen LogP contribution in [0.25, 0.3) is 0 Å². The van der Waals surface area contributed by atoms with Crippen LogP contribution in [0.3, 0.4) is 0 Å². The average Bonchev–Trinajstić information content (AvgIpc) is 2.53. The Morgan fingerprint density at radius 1 is 1.75 bits per heavy atom. The maximum atomic E-state index is 4.44. The lowest BCUT2D eigenvalue weighted by atomic mass is 9.91. The van der Waals surface area contributed by atoms with Crippen molar-refractivity contribution in [3.63, 3.8) is 0 Å². The first-order chi connectivity index (χ1) is 5.92. The van der Waals surface area contributed by atoms with Crippen LogP contribution in [0.1, 0.15) is 29.3 Å². The molecule has 1 N–H and O–H groups in total. The van der Waals surface area contributed by atoms with Gasteiger partial charge in [0.2, 0.25) is 0 Å². The van der Waals surface area contributed by atoms with Crippen LogP contribution in [-0.2, 0) is 6.42 Å². The zero-order valence-electron chi connectivity index (χ0n) is 7.34. The molecule has 0 saturated heterocycles. The van der Waals surface area contributed by atoms with Gasteiger partial charge in [-0.3, -0.25) is 0 Å². The molecule has 0 spiro atoms. The van der Waals surface area contributed by atoms with Gasteiger partial charge in [0.1, 0.15) is 0 Å². The van der Waals surface area contributed by atoms with Crippen LogP contribution in [0, 0.1) is 0 Å². The molecule has 1 aromatic heterocycles. The average molecular weight is 182 g/mol. The molecule has 0 bridgehead atoms. The highest BCUT2D eigenvalue weighted by Crippen LogP contribution is 2.32. The lowest BCUT2D eigenvalue weighted by Gasteiger charge is -2.20. The van der Waals surface area contributed by atoms with Crippen LogP contribution in [-0.4, -0.2) is 18.6 Å². The number of nitrogens with zero attached hydrogens (tertiary/aromatic N) is 1. The number of likely N-dealkylation sites (N-methyl/N-ethyl adjacent to an activating group) is 1. The fraction of sp³-hybridized carbons (Fsp3) is 0.667. The molecular weight excluding hydrogens is 168 g/mol. The van der Waals surface area contributed by atoms with E-state index in [1.54, 1.807) is 0 Å². The molecule has 0 fully saturated rings. The van der Waals surface area contributed by atoms with Crippen LogP contribution in [0.2, 0.25) is 0 Å². The van der Waals surface area contributed by atoms with Crippen molar-refractivity contribution in [1.29, 1.82) is 0 Å². The van der Waals surface area contributed by atoms with Gasteiger partial charge in [-0.05, 0) is 26.3 Å². The van der Waals surface area contributed by atoms with Crippen molar-refractivity contribution in [3.8, 4) is 0 Å². The number of fused-ring (bicyclic) bond motifs is 1. The van der Waals surface area contributed by atoms with E-state index < -0.39 is 0 Å². The monoisotopic (exact) mass is 182 g/mol. The highest BCUT2D eigenvalue weighted by molar-refractivity contribution is 7.09. The van der Waals surface area contributed by atoms with Crippen LogP contribution in [0.5, 0.6) is 0 Å². The number of rotatable bonds is 2. The third-order valence-electron chi connectivity index (χ3n) is 2.47. The first-order valence-electron chi connectivity index (χ1n) is 4.48. The number of aryl methyl sites for hydroxylation is 1. The maximum absolute atomic E-state index is 4.44. The largest absolute Gasteiger partial charge is 0.319 e. The summed E-state index contributed by atoms with van der Waals surface area (Å²) in [5.41, 5.74) is 3.35. The summed E-state index contributed by atoms with van der Waals surface area (Å²) in [6.07, 6.45) is 3.89. The second-order valence-electron chi connectivity index (χ2n) is 3.31. The van der Waals surface area contributed by atoms with Crippen molar-refractivity contribution in [1.82, 2.24) is 10.3 Å². The summed E-state index contributed by atoms with van der Waals surface area (Å²) in [6, 6.07) is 0. The van der Waals surface area contributed by atoms with E-state index >= 15 is 0 Å². The van der Waals surface area contributed by atoms with Crippen LogP contribution >= 0.6 is 11.3 Å². The minimum absolute atomic E-state index is 0.671. The molecule has 12 heavy (non-hydrogen) atoms. The minimum atomic E-state index is 0.671. The summed E-state index contributed by atoms with van der Waals surface area (Å²) in [7, 11) is 2.01. The van der Waals surface area contributed by atoms with E-state index in [1.165, 1.54) is 29.8 Å². The van der Waals surface area contributed by atoms with Gasteiger partial charge in [-0.2, -0.15) is 0 Å². The van der Waals surface area contributed by atoms with Gasteiger partial charge in [0.15, 0.2) is 0 Å². The van der Waals surface area contributed by atoms with Gasteiger partial charge in [-0.1, -0.05) is 0 Å². The second kappa shape index (κ2) is 3.54. The zero-order chi connectivity index (χ0) is 8.39. The lowest BCUT2D eigenvalue weighted by Crippen LogP contribution is -2.20. The molecule has 0 saturated carbocycles. The molecule has 0 radical (unpaired) electrons. The molecule has 3 heteroatoms. The summed E-state index contributed by atoms with van der Waals surface area (Å²) >= 11 is 1.82. The van der Waals surface area contributed by atoms with E-state index in [0.29, 0.717) is 5.92 Å². The quantitative estimate of drug-likeness (QED) is 0.754. The summed E-state index contributed by atoms with van der Waals surface area (Å²) < 4.78 is 0. The third kappa shape index (κ3) is 1.39. The third-order valence-corrected chi connectivity index (χ3v) is 3.37. The molecule has 1 aliphatic rings. The minimum Gasteiger partial charge on any atom is -0.319 e. The van der Waals surface area contributed by atoms with Crippen molar-refractivity contribution in [2.45, 2.75) is 25.2 Å². The smallest absolute Gasteiger partial charge is 0.0797 e. The van der Waals surface area contributed by atoms with Gasteiger partial charge in [0, 0.05) is 17.3 Å². The highest BCUT2D eigenvalue weighted by atomic mass is 32.1. The standard InChI is InChI=1S/C9H14N2S/c1-10-5-7-3-2-4-8-9(7)11-6-12-8/h6-7,10H,2-5H2,1H3. The molecular formula is C9H14N2S. The fourth-order valence-electron chi connectivity index (χ4n) is 1.89. The van der Waals surface area contributed by atoms with Crippen molar-refractivity contribution in [2.75, 3.05) is 13.6 Å². The van der Waals surface area contributed by atoms with Crippen LogP contribution in [0.15, 0.2) is 5.51 Å². The zero-order valence-corrected chi connectivity index (χ0v) is 8.16. The van der Waals surface area contributed by atoms with E-state index in [2.05, 4.69) is 10.3 Å². The Hall–Kier alpha value is -0.410. The normalized spacial score (nSPS) is 22.2. The highest BCUT2D eigenvalue weighted by Gasteiger charge is 2.21. The van der Waals surface area contributed by atoms with E-state index in [-0.39, 0.29) is 0 Å². The number of thiazole rings is 1. The Labute approximate surface area is 77.0 Å². The van der Waals surface area contributed by atoms with E-state index in [1.807, 2.05) is 23.9 Å². The molecule has 0 amide bonds. The summed E-state index contributed by atoms with van der Waals surface area (Å²) in [5.74, 6) is 0.671. The van der Waals surface area contributed by atoms with Gasteiger partial charge in [-0.15, -0.1) is 11.3 Å². The molecule has 1 aromatic rings. The molecule has 1 atom stereocenters. The molecule has 1 heterocycles. The molecule has 66 valence electrons. The van der Waals surface area contributed by atoms with Crippen molar-refractivity contribution >= 4 is 11.3 Å². The van der Waals surface area contributed by atoms with Gasteiger partial charge >= 0.3 is 0 Å². The van der Waals surface area contributed by atoms with Crippen molar-refractivity contribution in [2.24, 2.45) is 0 Å². The van der Waals surface area contributed by atoms with Crippen LogP contribution < -0.4 is 5.32 Å². The Morgan fingerprint density at radius 2 is 2.67 bits per heavy atom. The van der Waals surface area contributed by atoms with Crippen molar-refractivity contribution in [3.05, 3.63) is 16.1 Å². The summed E-state index contributed by atoms with van der Waals surface area (Å²) in [4.78, 5) is 5.95. The van der Waals surface area contributed by atoms with Crippen molar-refractivity contribution < 1.29 is 0 Å². The summed E-state index contributed by atoms with van der Waals surface area (Å²) in [5, 5.41) is 3.23. The van der Waals surface area contributed by atoms with Crippen LogP contribution in [0.4, 0.5) is 0 Å². The van der Waals surface area contributed by atoms with Gasteiger partial charge in [0.05, 0.1) is 11.2 Å². The predicted octanol–water partition coefficient (Wildman–Crippen LogP) is 1.78. The predicted molar refractivity (Wildman–Crippen MR) is 51.7 cm³/mol. The Bertz CT molecular complexity index is 257. The van der Waals surface area contributed by atoms with E-state index in [9.17, 15) is 0 Å². The first kappa shape index (κ1) is 8.20. The van der Waals surface area contributed by atoms with Gasteiger partial charge in [-0.25, -0.2) is 4.98 Å². The first-order valence-corrected chi connectivity index (χ1v) is 5.36. The lowest BCUT2D eigenvalue weighted by molar-refractivity contribution is 0.522. The molecule has 0 aromatic carbocycles. The molecule has 1 unspecified atom stereocenters.